The number of hydrogen-bond acceptors (Lipinski definition) is 3. The summed E-state index contributed by atoms with van der Waals surface area (Å²) in [7, 11) is 0. The van der Waals surface area contributed by atoms with E-state index in [-0.39, 0.29) is 5.56 Å². The van der Waals surface area contributed by atoms with Gasteiger partial charge in [0.15, 0.2) is 0 Å². The molecule has 144 valence electrons. The summed E-state index contributed by atoms with van der Waals surface area (Å²) in [6.07, 6.45) is 2.24. The van der Waals surface area contributed by atoms with Crippen molar-refractivity contribution in [1.29, 1.82) is 0 Å². The van der Waals surface area contributed by atoms with Crippen LogP contribution in [0.2, 0.25) is 0 Å². The highest BCUT2D eigenvalue weighted by Gasteiger charge is 2.29. The Bertz CT molecular complexity index is 1180. The van der Waals surface area contributed by atoms with Crippen molar-refractivity contribution in [2.45, 2.75) is 25.5 Å². The molecule has 0 amide bonds. The van der Waals surface area contributed by atoms with Gasteiger partial charge in [0.25, 0.3) is 0 Å². The van der Waals surface area contributed by atoms with Crippen LogP contribution in [0.3, 0.4) is 0 Å². The smallest absolute Gasteiger partial charge is 0.335 e. The van der Waals surface area contributed by atoms with Gasteiger partial charge in [0, 0.05) is 11.6 Å². The monoisotopic (exact) mass is 384 g/mol. The fourth-order valence-corrected chi connectivity index (χ4v) is 3.58. The number of carboxylic acid groups (broad SMARTS) is 1. The first kappa shape index (κ1) is 17.5. The number of benzene rings is 3. The zero-order valence-corrected chi connectivity index (χ0v) is 15.8. The Morgan fingerprint density at radius 3 is 2.48 bits per heavy atom. The van der Waals surface area contributed by atoms with Crippen LogP contribution in [0, 0.1) is 0 Å². The third-order valence-corrected chi connectivity index (χ3v) is 5.21. The van der Waals surface area contributed by atoms with Gasteiger partial charge in [0.05, 0.1) is 16.6 Å². The van der Waals surface area contributed by atoms with E-state index in [0.29, 0.717) is 12.6 Å². The number of carbonyl (C=O) groups is 1. The van der Waals surface area contributed by atoms with Crippen LogP contribution < -0.4 is 4.74 Å². The van der Waals surface area contributed by atoms with E-state index in [1.165, 1.54) is 0 Å². The number of ether oxygens (including phenoxy) is 1. The second kappa shape index (κ2) is 7.09. The van der Waals surface area contributed by atoms with E-state index in [1.54, 1.807) is 12.1 Å². The lowest BCUT2D eigenvalue weighted by molar-refractivity contribution is 0.0697. The maximum absolute atomic E-state index is 11.3. The standard InChI is InChI=1S/C24H20N2O3/c27-24(28)18-8-13-22-21(14-18)25-23(26(22)19-9-10-19)17-6-11-20(12-7-17)29-15-16-4-2-1-3-5-16/h1-8,11-14,19H,9-10,15H2,(H,27,28). The molecule has 3 aromatic carbocycles. The minimum atomic E-state index is -0.936. The number of rotatable bonds is 6. The van der Waals surface area contributed by atoms with Crippen molar-refractivity contribution >= 4 is 17.0 Å². The van der Waals surface area contributed by atoms with E-state index in [2.05, 4.69) is 4.57 Å². The van der Waals surface area contributed by atoms with Crippen LogP contribution in [0.25, 0.3) is 22.4 Å². The number of carboxylic acids is 1. The lowest BCUT2D eigenvalue weighted by Crippen LogP contribution is -1.99. The fraction of sp³-hybridized carbons (Fsp3) is 0.167. The SMILES string of the molecule is O=C(O)c1ccc2c(c1)nc(-c1ccc(OCc3ccccc3)cc1)n2C1CC1. The Labute approximate surface area is 168 Å². The molecule has 0 bridgehead atoms. The van der Waals surface area contributed by atoms with Gasteiger partial charge in [-0.1, -0.05) is 30.3 Å². The average molecular weight is 384 g/mol. The Kier molecular flexibility index (Phi) is 4.28. The van der Waals surface area contributed by atoms with Crippen LogP contribution in [0.4, 0.5) is 0 Å². The predicted molar refractivity (Wildman–Crippen MR) is 111 cm³/mol. The maximum Gasteiger partial charge on any atom is 0.335 e. The Balaban J connectivity index is 1.45. The summed E-state index contributed by atoms with van der Waals surface area (Å²) >= 11 is 0. The van der Waals surface area contributed by atoms with Gasteiger partial charge >= 0.3 is 5.97 Å². The molecule has 1 aromatic heterocycles. The second-order valence-corrected chi connectivity index (χ2v) is 7.34. The average Bonchev–Trinajstić information content (AvgIpc) is 3.52. The highest BCUT2D eigenvalue weighted by molar-refractivity contribution is 5.93. The van der Waals surface area contributed by atoms with Gasteiger partial charge in [-0.05, 0) is 60.9 Å². The highest BCUT2D eigenvalue weighted by atomic mass is 16.5. The maximum atomic E-state index is 11.3. The molecule has 1 aliphatic carbocycles. The van der Waals surface area contributed by atoms with Crippen LogP contribution in [0.15, 0.2) is 72.8 Å². The molecule has 5 nitrogen and oxygen atoms in total. The van der Waals surface area contributed by atoms with Crippen LogP contribution in [0.1, 0.15) is 34.8 Å². The summed E-state index contributed by atoms with van der Waals surface area (Å²) in [6.45, 7) is 0.527. The molecule has 1 fully saturated rings. The molecule has 5 heteroatoms. The molecule has 0 unspecified atom stereocenters. The molecule has 0 radical (unpaired) electrons. The van der Waals surface area contributed by atoms with Crippen LogP contribution >= 0.6 is 0 Å². The molecule has 0 spiro atoms. The van der Waals surface area contributed by atoms with Gasteiger partial charge in [-0.25, -0.2) is 9.78 Å². The first-order valence-corrected chi connectivity index (χ1v) is 9.71. The highest BCUT2D eigenvalue weighted by Crippen LogP contribution is 2.41. The first-order chi connectivity index (χ1) is 14.2. The van der Waals surface area contributed by atoms with Crippen LogP contribution in [-0.4, -0.2) is 20.6 Å². The minimum Gasteiger partial charge on any atom is -0.489 e. The predicted octanol–water partition coefficient (Wildman–Crippen LogP) is 5.32. The molecule has 1 saturated carbocycles. The van der Waals surface area contributed by atoms with E-state index in [0.717, 1.165) is 46.6 Å². The number of aromatic nitrogens is 2. The van der Waals surface area contributed by atoms with Gasteiger partial charge in [0.2, 0.25) is 0 Å². The van der Waals surface area contributed by atoms with E-state index in [1.807, 2.05) is 60.7 Å². The fourth-order valence-electron chi connectivity index (χ4n) is 3.58. The number of fused-ring (bicyclic) bond motifs is 1. The molecule has 29 heavy (non-hydrogen) atoms. The summed E-state index contributed by atoms with van der Waals surface area (Å²) in [6, 6.07) is 23.6. The van der Waals surface area contributed by atoms with Gasteiger partial charge in [-0.15, -0.1) is 0 Å². The van der Waals surface area contributed by atoms with E-state index in [4.69, 9.17) is 9.72 Å². The topological polar surface area (TPSA) is 64.3 Å². The third kappa shape index (κ3) is 3.47. The molecule has 4 aromatic rings. The number of nitrogens with zero attached hydrogens (tertiary/aromatic N) is 2. The molecule has 5 rings (SSSR count). The summed E-state index contributed by atoms with van der Waals surface area (Å²) in [5, 5.41) is 9.27. The van der Waals surface area contributed by atoms with Crippen molar-refractivity contribution < 1.29 is 14.6 Å². The summed E-state index contributed by atoms with van der Waals surface area (Å²) < 4.78 is 8.12. The van der Waals surface area contributed by atoms with E-state index in [9.17, 15) is 9.90 Å². The molecule has 0 saturated heterocycles. The summed E-state index contributed by atoms with van der Waals surface area (Å²) in [5.74, 6) is 0.744. The summed E-state index contributed by atoms with van der Waals surface area (Å²) in [5.41, 5.74) is 4.08. The van der Waals surface area contributed by atoms with Crippen LogP contribution in [0.5, 0.6) is 5.75 Å². The molecule has 1 N–H and O–H groups in total. The molecular formula is C24H20N2O3. The second-order valence-electron chi connectivity index (χ2n) is 7.34. The van der Waals surface area contributed by atoms with Gasteiger partial charge in [-0.3, -0.25) is 0 Å². The first-order valence-electron chi connectivity index (χ1n) is 9.71. The molecule has 1 aliphatic rings. The normalized spacial score (nSPS) is 13.5. The minimum absolute atomic E-state index is 0.258. The van der Waals surface area contributed by atoms with Crippen molar-refractivity contribution in [3.05, 3.63) is 83.9 Å². The molecule has 0 aliphatic heterocycles. The lowest BCUT2D eigenvalue weighted by atomic mass is 10.2. The number of hydrogen-bond donors (Lipinski definition) is 1. The van der Waals surface area contributed by atoms with Gasteiger partial charge in [0.1, 0.15) is 18.2 Å². The van der Waals surface area contributed by atoms with Crippen molar-refractivity contribution in [2.24, 2.45) is 0 Å². The van der Waals surface area contributed by atoms with E-state index < -0.39 is 5.97 Å². The Hall–Kier alpha value is -3.60. The van der Waals surface area contributed by atoms with Crippen molar-refractivity contribution in [2.75, 3.05) is 0 Å². The Morgan fingerprint density at radius 1 is 1.03 bits per heavy atom. The third-order valence-electron chi connectivity index (χ3n) is 5.21. The summed E-state index contributed by atoms with van der Waals surface area (Å²) in [4.78, 5) is 16.1. The van der Waals surface area contributed by atoms with Crippen molar-refractivity contribution in [1.82, 2.24) is 9.55 Å². The molecular weight excluding hydrogens is 364 g/mol. The van der Waals surface area contributed by atoms with E-state index >= 15 is 0 Å². The lowest BCUT2D eigenvalue weighted by Gasteiger charge is -2.10. The number of imidazole rings is 1. The quantitative estimate of drug-likeness (QED) is 0.489. The largest absolute Gasteiger partial charge is 0.489 e. The Morgan fingerprint density at radius 2 is 1.79 bits per heavy atom. The zero-order chi connectivity index (χ0) is 19.8. The van der Waals surface area contributed by atoms with Crippen LogP contribution in [-0.2, 0) is 6.61 Å². The number of aromatic carboxylic acids is 1. The van der Waals surface area contributed by atoms with Crippen molar-refractivity contribution in [3.8, 4) is 17.1 Å². The van der Waals surface area contributed by atoms with Gasteiger partial charge < -0.3 is 14.4 Å². The molecule has 0 atom stereocenters. The molecule has 1 heterocycles. The van der Waals surface area contributed by atoms with Crippen molar-refractivity contribution in [3.63, 3.8) is 0 Å². The van der Waals surface area contributed by atoms with Gasteiger partial charge in [-0.2, -0.15) is 0 Å². The zero-order valence-electron chi connectivity index (χ0n) is 15.8.